The Labute approximate surface area is 358 Å². The van der Waals surface area contributed by atoms with Crippen LogP contribution in [0, 0.1) is 17.8 Å². The first-order valence-corrected chi connectivity index (χ1v) is 22.6. The van der Waals surface area contributed by atoms with E-state index in [1.807, 2.05) is 24.0 Å². The monoisotopic (exact) mass is 892 g/mol. The smallest absolute Gasteiger partial charge is 0.411 e. The Morgan fingerprint density at radius 1 is 1.08 bits per heavy atom. The van der Waals surface area contributed by atoms with Crippen molar-refractivity contribution in [3.63, 3.8) is 0 Å². The molecule has 62 heavy (non-hydrogen) atoms. The number of hydrogen-bond donors (Lipinski definition) is 3. The van der Waals surface area contributed by atoms with Crippen molar-refractivity contribution < 1.29 is 60.1 Å². The molecule has 2 aromatic rings. The van der Waals surface area contributed by atoms with E-state index >= 15 is 4.79 Å². The number of aromatic nitrogens is 1. The molecule has 7 atom stereocenters. The van der Waals surface area contributed by atoms with Crippen LogP contribution in [0.5, 0.6) is 11.6 Å². The number of rotatable bonds is 9. The number of carbonyl (C=O) groups excluding carboxylic acids is 3. The normalized spacial score (nSPS) is 29.4. The molecular weight excluding hydrogens is 838 g/mol. The zero-order valence-corrected chi connectivity index (χ0v) is 36.3. The van der Waals surface area contributed by atoms with Crippen LogP contribution in [0.15, 0.2) is 36.4 Å². The molecule has 3 aliphatic heterocycles. The Morgan fingerprint density at radius 2 is 1.79 bits per heavy atom. The summed E-state index contributed by atoms with van der Waals surface area (Å²) in [4.78, 5) is 64.9. The minimum absolute atomic E-state index is 0.0529. The van der Waals surface area contributed by atoms with Gasteiger partial charge in [-0.15, -0.1) is 0 Å². The molecule has 4 heterocycles. The van der Waals surface area contributed by atoms with Gasteiger partial charge in [0.25, 0.3) is 5.91 Å². The van der Waals surface area contributed by atoms with E-state index in [-0.39, 0.29) is 42.5 Å². The number of halogens is 3. The van der Waals surface area contributed by atoms with Gasteiger partial charge in [0, 0.05) is 30.8 Å². The number of allylic oxidation sites excluding steroid dienone is 1. The van der Waals surface area contributed by atoms with Gasteiger partial charge in [-0.1, -0.05) is 26.0 Å². The summed E-state index contributed by atoms with van der Waals surface area (Å²) in [5, 5.41) is 13.8. The maximum atomic E-state index is 15.2. The van der Waals surface area contributed by atoms with E-state index in [9.17, 15) is 41.1 Å². The van der Waals surface area contributed by atoms with E-state index in [0.717, 1.165) is 4.90 Å². The molecule has 4 amide bonds. The second kappa shape index (κ2) is 17.0. The van der Waals surface area contributed by atoms with Crippen molar-refractivity contribution in [2.75, 3.05) is 44.9 Å². The first-order chi connectivity index (χ1) is 29.2. The number of ether oxygens (including phenoxy) is 3. The SMILES string of the molecule is COc1ccc2c(O[C@@H]3C[C@H]4C(=O)N[C@]5(C(=O)NS(=O)(=O)C6CC6)C[C@H]5/C=C\CC[C@H](C)C[C@@H](C)[C@H](N(C(=O)O)C(C)(C)C(F)(F)F)C(=O)N4C3)nc(N3CCOCC3)cc2c1. The molecular formula is C42H55F3N6O10S. The van der Waals surface area contributed by atoms with Crippen molar-refractivity contribution in [2.24, 2.45) is 17.8 Å². The molecule has 0 bridgehead atoms. The van der Waals surface area contributed by atoms with Crippen LogP contribution < -0.4 is 24.4 Å². The maximum Gasteiger partial charge on any atom is 0.411 e. The van der Waals surface area contributed by atoms with Gasteiger partial charge in [0.15, 0.2) is 0 Å². The molecule has 2 saturated heterocycles. The fraction of sp³-hybridized carbons (Fsp3) is 0.643. The third-order valence-electron chi connectivity index (χ3n) is 13.0. The summed E-state index contributed by atoms with van der Waals surface area (Å²) < 4.78 is 90.1. The van der Waals surface area contributed by atoms with Gasteiger partial charge in [0.05, 0.1) is 32.1 Å². The van der Waals surface area contributed by atoms with Gasteiger partial charge in [-0.2, -0.15) is 18.2 Å². The highest BCUT2D eigenvalue weighted by atomic mass is 32.2. The summed E-state index contributed by atoms with van der Waals surface area (Å²) in [6.45, 7) is 6.42. The standard InChI is InChI=1S/C42H55F3N6O10S/c1-24-8-6-7-9-27-22-41(27,38(54)48-62(57,58)30-11-12-30)47-35(52)32-21-29(23-50(32)37(53)34(25(2)18-24)51(39(55)56)40(3,4)42(43,44)45)61-36-31-13-10-28(59-5)19-26(31)20-33(46-36)49-14-16-60-17-15-49/h7,9-10,13,19-20,24-25,27,29-30,32,34H,6,8,11-12,14-18,21-23H2,1-5H3,(H,47,52)(H,48,54)(H,55,56)/b9-7-/t24-,25+,27+,29+,32-,34-,41+/m0/s1. The van der Waals surface area contributed by atoms with Crippen molar-refractivity contribution in [1.29, 1.82) is 0 Å². The number of carboxylic acid groups (broad SMARTS) is 1. The number of nitrogens with one attached hydrogen (secondary N) is 2. The number of morpholine rings is 1. The van der Waals surface area contributed by atoms with Crippen LogP contribution in [0.1, 0.15) is 72.6 Å². The number of benzene rings is 1. The topological polar surface area (TPSA) is 197 Å². The van der Waals surface area contributed by atoms with Gasteiger partial charge in [-0.05, 0) is 93.9 Å². The van der Waals surface area contributed by atoms with Crippen molar-refractivity contribution in [3.8, 4) is 11.6 Å². The number of nitrogens with zero attached hydrogens (tertiary/aromatic N) is 4. The first-order valence-electron chi connectivity index (χ1n) is 21.1. The van der Waals surface area contributed by atoms with Crippen LogP contribution in [-0.4, -0.2) is 133 Å². The summed E-state index contributed by atoms with van der Waals surface area (Å²) in [6.07, 6.45) is -2.81. The highest BCUT2D eigenvalue weighted by molar-refractivity contribution is 7.91. The number of anilines is 1. The van der Waals surface area contributed by atoms with Gasteiger partial charge in [-0.3, -0.25) is 24.0 Å². The molecule has 1 aromatic heterocycles. The number of fused-ring (bicyclic) bond motifs is 3. The zero-order valence-electron chi connectivity index (χ0n) is 35.4. The first kappa shape index (κ1) is 45.2. The Balaban J connectivity index is 1.30. The molecule has 7 rings (SSSR count). The molecule has 2 aliphatic carbocycles. The number of methoxy groups -OCH3 is 1. The van der Waals surface area contributed by atoms with Crippen LogP contribution in [0.2, 0.25) is 0 Å². The fourth-order valence-corrected chi connectivity index (χ4v) is 10.4. The predicted octanol–water partition coefficient (Wildman–Crippen LogP) is 4.61. The Morgan fingerprint density at radius 3 is 2.44 bits per heavy atom. The number of carbonyl (C=O) groups is 4. The molecule has 0 radical (unpaired) electrons. The quantitative estimate of drug-likeness (QED) is 0.296. The molecule has 340 valence electrons. The lowest BCUT2D eigenvalue weighted by molar-refractivity contribution is -0.222. The van der Waals surface area contributed by atoms with Gasteiger partial charge in [-0.25, -0.2) is 13.2 Å². The van der Waals surface area contributed by atoms with E-state index in [1.54, 1.807) is 24.3 Å². The second-order valence-corrected chi connectivity index (χ2v) is 19.8. The predicted molar refractivity (Wildman–Crippen MR) is 220 cm³/mol. The van der Waals surface area contributed by atoms with Crippen LogP contribution in [0.3, 0.4) is 0 Å². The van der Waals surface area contributed by atoms with E-state index < -0.39 is 86.4 Å². The minimum Gasteiger partial charge on any atom is -0.497 e. The van der Waals surface area contributed by atoms with E-state index in [0.29, 0.717) is 88.2 Å². The lowest BCUT2D eigenvalue weighted by Crippen LogP contribution is -2.66. The fourth-order valence-electron chi connectivity index (χ4n) is 9.00. The molecule has 4 fully saturated rings. The number of hydrogen-bond acceptors (Lipinski definition) is 11. The molecule has 16 nitrogen and oxygen atoms in total. The number of sulfonamides is 1. The van der Waals surface area contributed by atoms with Crippen molar-refractivity contribution in [1.82, 2.24) is 24.8 Å². The summed E-state index contributed by atoms with van der Waals surface area (Å²) >= 11 is 0. The summed E-state index contributed by atoms with van der Waals surface area (Å²) in [7, 11) is -2.51. The van der Waals surface area contributed by atoms with Crippen LogP contribution >= 0.6 is 0 Å². The average Bonchev–Trinajstić information content (AvgIpc) is 4.14. The highest BCUT2D eigenvalue weighted by Gasteiger charge is 2.63. The molecule has 0 spiro atoms. The van der Waals surface area contributed by atoms with Gasteiger partial charge in [0.1, 0.15) is 40.8 Å². The number of pyridine rings is 1. The molecule has 5 aliphatic rings. The second-order valence-electron chi connectivity index (χ2n) is 17.9. The average molecular weight is 893 g/mol. The van der Waals surface area contributed by atoms with Crippen molar-refractivity contribution in [3.05, 3.63) is 36.4 Å². The minimum atomic E-state index is -5.10. The van der Waals surface area contributed by atoms with Crippen LogP contribution in [-0.2, 0) is 29.1 Å². The molecule has 20 heteroatoms. The molecule has 1 aromatic carbocycles. The molecule has 0 unspecified atom stereocenters. The van der Waals surface area contributed by atoms with Crippen molar-refractivity contribution in [2.45, 2.75) is 113 Å². The third-order valence-corrected chi connectivity index (χ3v) is 14.8. The summed E-state index contributed by atoms with van der Waals surface area (Å²) in [5.74, 6) is -3.36. The summed E-state index contributed by atoms with van der Waals surface area (Å²) in [6, 6.07) is 3.73. The largest absolute Gasteiger partial charge is 0.497 e. The lowest BCUT2D eigenvalue weighted by Gasteiger charge is -2.45. The number of amides is 4. The molecule has 3 N–H and O–H groups in total. The Hall–Kier alpha value is -4.85. The third kappa shape index (κ3) is 8.99. The van der Waals surface area contributed by atoms with E-state index in [2.05, 4.69) is 10.0 Å². The molecule has 2 saturated carbocycles. The van der Waals surface area contributed by atoms with Gasteiger partial charge >= 0.3 is 12.3 Å². The van der Waals surface area contributed by atoms with Gasteiger partial charge in [0.2, 0.25) is 27.7 Å². The lowest BCUT2D eigenvalue weighted by atomic mass is 9.85. The highest BCUT2D eigenvalue weighted by Crippen LogP contribution is 2.47. The summed E-state index contributed by atoms with van der Waals surface area (Å²) in [5.41, 5.74) is -4.76. The van der Waals surface area contributed by atoms with E-state index in [1.165, 1.54) is 14.0 Å². The number of alkyl halides is 3. The van der Waals surface area contributed by atoms with E-state index in [4.69, 9.17) is 19.2 Å². The zero-order chi connectivity index (χ0) is 44.9. The Bertz CT molecular complexity index is 2220. The maximum absolute atomic E-state index is 15.2. The van der Waals surface area contributed by atoms with Gasteiger partial charge < -0.3 is 34.4 Å². The van der Waals surface area contributed by atoms with Crippen molar-refractivity contribution >= 4 is 50.4 Å². The van der Waals surface area contributed by atoms with Crippen LogP contribution in [0.25, 0.3) is 10.8 Å². The van der Waals surface area contributed by atoms with Crippen LogP contribution in [0.4, 0.5) is 23.8 Å². The Kier molecular flexibility index (Phi) is 12.4.